The first kappa shape index (κ1) is 19.1. The number of hydrogen-bond donors (Lipinski definition) is 2. The molecule has 0 aliphatic heterocycles. The molecular weight excluding hydrogens is 320 g/mol. The van der Waals surface area contributed by atoms with Gasteiger partial charge in [0, 0.05) is 23.2 Å². The molecule has 0 unspecified atom stereocenters. The molecule has 0 saturated heterocycles. The topological polar surface area (TPSA) is 78.9 Å². The average Bonchev–Trinajstić information content (AvgIpc) is 2.54. The van der Waals surface area contributed by atoms with Crippen LogP contribution in [0.3, 0.4) is 0 Å². The predicted molar refractivity (Wildman–Crippen MR) is 97.0 cm³/mol. The monoisotopic (exact) mass is 348 g/mol. The lowest BCUT2D eigenvalue weighted by Crippen LogP contribution is -2.52. The number of carboxylic acid groups (broad SMARTS) is 1. The molecule has 0 heterocycles. The molecule has 1 fully saturated rings. The lowest BCUT2D eigenvalue weighted by atomic mass is 9.83. The third-order valence-electron chi connectivity index (χ3n) is 4.72. The van der Waals surface area contributed by atoms with Crippen molar-refractivity contribution < 1.29 is 19.4 Å². The zero-order valence-electron chi connectivity index (χ0n) is 15.4. The second-order valence-corrected chi connectivity index (χ2v) is 7.55. The van der Waals surface area contributed by atoms with Crippen LogP contribution < -0.4 is 10.1 Å². The first-order valence-electron chi connectivity index (χ1n) is 8.69. The summed E-state index contributed by atoms with van der Waals surface area (Å²) < 4.78 is 5.11. The molecule has 1 aliphatic carbocycles. The summed E-state index contributed by atoms with van der Waals surface area (Å²) in [6, 6.07) is 7.21. The van der Waals surface area contributed by atoms with Crippen molar-refractivity contribution >= 4 is 17.7 Å². The van der Waals surface area contributed by atoms with Crippen LogP contribution in [-0.4, -0.2) is 40.7 Å². The van der Waals surface area contributed by atoms with Crippen molar-refractivity contribution in [3.05, 3.63) is 24.3 Å². The molecule has 6 nitrogen and oxygen atoms in total. The Kier molecular flexibility index (Phi) is 5.93. The van der Waals surface area contributed by atoms with E-state index in [1.165, 1.54) is 4.90 Å². The Morgan fingerprint density at radius 2 is 1.68 bits per heavy atom. The maximum absolute atomic E-state index is 12.5. The van der Waals surface area contributed by atoms with Crippen LogP contribution >= 0.6 is 0 Å². The van der Waals surface area contributed by atoms with Gasteiger partial charge in [0.05, 0.1) is 7.11 Å². The minimum atomic E-state index is -0.890. The minimum absolute atomic E-state index is 0.00116. The van der Waals surface area contributed by atoms with Crippen LogP contribution in [0.5, 0.6) is 5.75 Å². The van der Waals surface area contributed by atoms with Gasteiger partial charge < -0.3 is 20.1 Å². The van der Waals surface area contributed by atoms with Gasteiger partial charge in [-0.3, -0.25) is 4.79 Å². The van der Waals surface area contributed by atoms with Gasteiger partial charge in [-0.25, -0.2) is 4.79 Å². The zero-order chi connectivity index (χ0) is 18.6. The number of ether oxygens (including phenoxy) is 1. The van der Waals surface area contributed by atoms with Gasteiger partial charge in [-0.2, -0.15) is 0 Å². The third kappa shape index (κ3) is 4.87. The van der Waals surface area contributed by atoms with Gasteiger partial charge >= 0.3 is 6.09 Å². The first-order valence-corrected chi connectivity index (χ1v) is 8.69. The second kappa shape index (κ2) is 7.76. The number of anilines is 1. The van der Waals surface area contributed by atoms with Gasteiger partial charge in [-0.1, -0.05) is 0 Å². The van der Waals surface area contributed by atoms with E-state index in [9.17, 15) is 14.7 Å². The van der Waals surface area contributed by atoms with Gasteiger partial charge in [-0.15, -0.1) is 0 Å². The van der Waals surface area contributed by atoms with Crippen LogP contribution in [0, 0.1) is 5.92 Å². The Bertz CT molecular complexity index is 599. The summed E-state index contributed by atoms with van der Waals surface area (Å²) in [5, 5.41) is 12.4. The van der Waals surface area contributed by atoms with Crippen LogP contribution in [0.1, 0.15) is 46.5 Å². The highest BCUT2D eigenvalue weighted by Gasteiger charge is 2.36. The summed E-state index contributed by atoms with van der Waals surface area (Å²) >= 11 is 0. The van der Waals surface area contributed by atoms with Crippen LogP contribution in [0.25, 0.3) is 0 Å². The number of benzene rings is 1. The molecule has 0 bridgehead atoms. The van der Waals surface area contributed by atoms with Gasteiger partial charge in [0.2, 0.25) is 5.91 Å². The van der Waals surface area contributed by atoms with Crippen molar-refractivity contribution in [2.45, 2.75) is 58.0 Å². The van der Waals surface area contributed by atoms with Gasteiger partial charge in [0.25, 0.3) is 0 Å². The highest BCUT2D eigenvalue weighted by molar-refractivity contribution is 5.92. The van der Waals surface area contributed by atoms with Crippen LogP contribution in [0.2, 0.25) is 0 Å². The molecule has 0 radical (unpaired) electrons. The molecule has 1 aliphatic rings. The molecule has 1 saturated carbocycles. The molecule has 0 aromatic heterocycles. The Labute approximate surface area is 149 Å². The van der Waals surface area contributed by atoms with Gasteiger partial charge in [0.1, 0.15) is 5.75 Å². The number of amides is 2. The molecule has 2 N–H and O–H groups in total. The van der Waals surface area contributed by atoms with E-state index in [-0.39, 0.29) is 17.9 Å². The Balaban J connectivity index is 1.92. The van der Waals surface area contributed by atoms with E-state index < -0.39 is 11.6 Å². The molecule has 6 heteroatoms. The number of hydrogen-bond acceptors (Lipinski definition) is 3. The van der Waals surface area contributed by atoms with E-state index in [2.05, 4.69) is 5.32 Å². The SMILES string of the molecule is COc1ccc(NC(=O)C2CCC(N(C(=O)O)C(C)(C)C)CC2)cc1. The standard InChI is InChI=1S/C19H28N2O4/c1-19(2,3)21(18(23)24)15-9-5-13(6-10-15)17(22)20-14-7-11-16(25-4)12-8-14/h7-8,11-13,15H,5-6,9-10H2,1-4H3,(H,20,22)(H,23,24). The number of nitrogens with zero attached hydrogens (tertiary/aromatic N) is 1. The van der Waals surface area contributed by atoms with Crippen molar-refractivity contribution in [2.75, 3.05) is 12.4 Å². The van der Waals surface area contributed by atoms with E-state index in [1.807, 2.05) is 32.9 Å². The average molecular weight is 348 g/mol. The van der Waals surface area contributed by atoms with Crippen LogP contribution in [0.15, 0.2) is 24.3 Å². The molecule has 1 aromatic rings. The second-order valence-electron chi connectivity index (χ2n) is 7.55. The highest BCUT2D eigenvalue weighted by Crippen LogP contribution is 2.32. The molecule has 2 amide bonds. The van der Waals surface area contributed by atoms with Crippen molar-refractivity contribution in [1.29, 1.82) is 0 Å². The summed E-state index contributed by atoms with van der Waals surface area (Å²) in [5.74, 6) is 0.671. The fourth-order valence-corrected chi connectivity index (χ4v) is 3.51. The van der Waals surface area contributed by atoms with Crippen molar-refractivity contribution in [3.63, 3.8) is 0 Å². The lowest BCUT2D eigenvalue weighted by Gasteiger charge is -2.42. The van der Waals surface area contributed by atoms with Crippen LogP contribution in [-0.2, 0) is 4.79 Å². The minimum Gasteiger partial charge on any atom is -0.497 e. The van der Waals surface area contributed by atoms with E-state index in [0.29, 0.717) is 25.7 Å². The molecule has 1 aromatic carbocycles. The zero-order valence-corrected chi connectivity index (χ0v) is 15.4. The predicted octanol–water partition coefficient (Wildman–Crippen LogP) is 3.97. The number of carbonyl (C=O) groups is 2. The van der Waals surface area contributed by atoms with Crippen molar-refractivity contribution in [3.8, 4) is 5.75 Å². The first-order chi connectivity index (χ1) is 11.7. The molecule has 25 heavy (non-hydrogen) atoms. The van der Waals surface area contributed by atoms with Gasteiger partial charge in [-0.05, 0) is 70.7 Å². The van der Waals surface area contributed by atoms with Crippen molar-refractivity contribution in [1.82, 2.24) is 4.90 Å². The normalized spacial score (nSPS) is 20.6. The lowest BCUT2D eigenvalue weighted by molar-refractivity contribution is -0.121. The maximum atomic E-state index is 12.5. The Hall–Kier alpha value is -2.24. The number of methoxy groups -OCH3 is 1. The van der Waals surface area contributed by atoms with E-state index in [4.69, 9.17) is 4.74 Å². The van der Waals surface area contributed by atoms with Gasteiger partial charge in [0.15, 0.2) is 0 Å². The Morgan fingerprint density at radius 1 is 1.12 bits per heavy atom. The smallest absolute Gasteiger partial charge is 0.407 e. The van der Waals surface area contributed by atoms with E-state index in [1.54, 1.807) is 19.2 Å². The van der Waals surface area contributed by atoms with E-state index in [0.717, 1.165) is 11.4 Å². The number of carbonyl (C=O) groups excluding carboxylic acids is 1. The summed E-state index contributed by atoms with van der Waals surface area (Å²) in [6.07, 6.45) is 1.94. The summed E-state index contributed by atoms with van der Waals surface area (Å²) in [5.41, 5.74) is 0.309. The molecule has 0 spiro atoms. The molecule has 138 valence electrons. The fourth-order valence-electron chi connectivity index (χ4n) is 3.51. The summed E-state index contributed by atoms with van der Waals surface area (Å²) in [4.78, 5) is 25.6. The maximum Gasteiger partial charge on any atom is 0.407 e. The highest BCUT2D eigenvalue weighted by atomic mass is 16.5. The number of rotatable bonds is 4. The molecule has 0 atom stereocenters. The molecule has 2 rings (SSSR count). The summed E-state index contributed by atoms with van der Waals surface area (Å²) in [7, 11) is 1.60. The Morgan fingerprint density at radius 3 is 2.12 bits per heavy atom. The fraction of sp³-hybridized carbons (Fsp3) is 0.579. The quantitative estimate of drug-likeness (QED) is 0.863. The van der Waals surface area contributed by atoms with Crippen molar-refractivity contribution in [2.24, 2.45) is 5.92 Å². The largest absolute Gasteiger partial charge is 0.497 e. The van der Waals surface area contributed by atoms with Crippen LogP contribution in [0.4, 0.5) is 10.5 Å². The molecular formula is C19H28N2O4. The summed E-state index contributed by atoms with van der Waals surface area (Å²) in [6.45, 7) is 5.72. The third-order valence-corrected chi connectivity index (χ3v) is 4.72. The van der Waals surface area contributed by atoms with E-state index >= 15 is 0 Å². The number of nitrogens with one attached hydrogen (secondary N) is 1.